The van der Waals surface area contributed by atoms with Crippen LogP contribution in [0, 0.1) is 0 Å². The number of hydrogen-bond acceptors (Lipinski definition) is 3. The maximum atomic E-state index is 12.0. The van der Waals surface area contributed by atoms with Gasteiger partial charge < -0.3 is 9.88 Å². The first-order valence-electron chi connectivity index (χ1n) is 6.65. The predicted molar refractivity (Wildman–Crippen MR) is 83.8 cm³/mol. The van der Waals surface area contributed by atoms with Gasteiger partial charge in [0.1, 0.15) is 0 Å². The third-order valence-corrected chi connectivity index (χ3v) is 4.01. The predicted octanol–water partition coefficient (Wildman–Crippen LogP) is 3.42. The highest BCUT2D eigenvalue weighted by molar-refractivity contribution is 7.08. The molecule has 0 aliphatic rings. The Hall–Kier alpha value is -2.40. The van der Waals surface area contributed by atoms with Crippen molar-refractivity contribution >= 4 is 17.2 Å². The summed E-state index contributed by atoms with van der Waals surface area (Å²) in [4.78, 5) is 16.1. The number of rotatable bonds is 4. The lowest BCUT2D eigenvalue weighted by molar-refractivity contribution is 0.0940. The molecule has 0 aliphatic heterocycles. The molecule has 106 valence electrons. The fraction of sp³-hybridized carbons (Fsp3) is 0.125. The molecule has 4 nitrogen and oxygen atoms in total. The van der Waals surface area contributed by atoms with Crippen LogP contribution in [0.5, 0.6) is 0 Å². The van der Waals surface area contributed by atoms with Crippen LogP contribution in [0.3, 0.4) is 0 Å². The number of nitrogens with zero attached hydrogens (tertiary/aromatic N) is 2. The smallest absolute Gasteiger partial charge is 0.252 e. The summed E-state index contributed by atoms with van der Waals surface area (Å²) < 4.78 is 1.94. The third kappa shape index (κ3) is 3.03. The Kier molecular flexibility index (Phi) is 3.83. The molecule has 1 amide bonds. The van der Waals surface area contributed by atoms with Gasteiger partial charge >= 0.3 is 0 Å². The van der Waals surface area contributed by atoms with E-state index in [2.05, 4.69) is 10.3 Å². The zero-order valence-corrected chi connectivity index (χ0v) is 12.4. The Bertz CT molecular complexity index is 703. The van der Waals surface area contributed by atoms with E-state index in [4.69, 9.17) is 0 Å². The SMILES string of the molecule is C[C@H](NC(=O)c1ccsc1)c1ccc(-n2ccnc2)cc1. The summed E-state index contributed by atoms with van der Waals surface area (Å²) in [5, 5.41) is 6.76. The first-order valence-corrected chi connectivity index (χ1v) is 7.59. The van der Waals surface area contributed by atoms with Gasteiger partial charge in [0.15, 0.2) is 0 Å². The van der Waals surface area contributed by atoms with E-state index in [1.54, 1.807) is 12.5 Å². The number of hydrogen-bond donors (Lipinski definition) is 1. The van der Waals surface area contributed by atoms with E-state index in [1.165, 1.54) is 11.3 Å². The van der Waals surface area contributed by atoms with Gasteiger partial charge in [0.05, 0.1) is 17.9 Å². The Morgan fingerprint density at radius 1 is 1.29 bits per heavy atom. The van der Waals surface area contributed by atoms with Crippen LogP contribution in [-0.4, -0.2) is 15.5 Å². The lowest BCUT2D eigenvalue weighted by Gasteiger charge is -2.14. The number of nitrogens with one attached hydrogen (secondary N) is 1. The molecule has 1 atom stereocenters. The second-order valence-electron chi connectivity index (χ2n) is 4.77. The molecule has 2 aromatic heterocycles. The van der Waals surface area contributed by atoms with Gasteiger partial charge in [-0.3, -0.25) is 4.79 Å². The minimum Gasteiger partial charge on any atom is -0.345 e. The summed E-state index contributed by atoms with van der Waals surface area (Å²) in [6.07, 6.45) is 5.41. The molecule has 1 aromatic carbocycles. The van der Waals surface area contributed by atoms with Gasteiger partial charge in [0.25, 0.3) is 5.91 Å². The molecule has 0 saturated carbocycles. The maximum Gasteiger partial charge on any atom is 0.252 e. The Balaban J connectivity index is 1.70. The van der Waals surface area contributed by atoms with Crippen molar-refractivity contribution < 1.29 is 4.79 Å². The standard InChI is InChI=1S/C16H15N3OS/c1-12(18-16(20)14-6-9-21-10-14)13-2-4-15(5-3-13)19-8-7-17-11-19/h2-12H,1H3,(H,18,20)/t12-/m0/s1. The molecule has 3 aromatic rings. The highest BCUT2D eigenvalue weighted by atomic mass is 32.1. The molecule has 0 spiro atoms. The number of amides is 1. The summed E-state index contributed by atoms with van der Waals surface area (Å²) in [7, 11) is 0. The molecule has 2 heterocycles. The maximum absolute atomic E-state index is 12.0. The summed E-state index contributed by atoms with van der Waals surface area (Å²) in [6, 6.07) is 9.87. The van der Waals surface area contributed by atoms with E-state index < -0.39 is 0 Å². The monoisotopic (exact) mass is 297 g/mol. The molecule has 0 aliphatic carbocycles. The number of imidazole rings is 1. The van der Waals surface area contributed by atoms with Gasteiger partial charge in [-0.1, -0.05) is 12.1 Å². The van der Waals surface area contributed by atoms with Crippen molar-refractivity contribution in [2.45, 2.75) is 13.0 Å². The van der Waals surface area contributed by atoms with Crippen molar-refractivity contribution in [3.05, 3.63) is 70.9 Å². The first kappa shape index (κ1) is 13.6. The van der Waals surface area contributed by atoms with Gasteiger partial charge in [-0.05, 0) is 36.1 Å². The van der Waals surface area contributed by atoms with Crippen LogP contribution in [0.15, 0.2) is 59.8 Å². The molecule has 1 N–H and O–H groups in total. The van der Waals surface area contributed by atoms with Gasteiger partial charge in [0, 0.05) is 23.5 Å². The van der Waals surface area contributed by atoms with E-state index in [0.717, 1.165) is 11.3 Å². The molecule has 0 radical (unpaired) electrons. The lowest BCUT2D eigenvalue weighted by atomic mass is 10.1. The zero-order chi connectivity index (χ0) is 14.7. The minimum atomic E-state index is -0.0394. The third-order valence-electron chi connectivity index (χ3n) is 3.33. The molecule has 0 unspecified atom stereocenters. The summed E-state index contributed by atoms with van der Waals surface area (Å²) in [6.45, 7) is 1.98. The van der Waals surface area contributed by atoms with Crippen molar-refractivity contribution in [2.24, 2.45) is 0 Å². The van der Waals surface area contributed by atoms with Crippen LogP contribution in [0.4, 0.5) is 0 Å². The lowest BCUT2D eigenvalue weighted by Crippen LogP contribution is -2.26. The zero-order valence-electron chi connectivity index (χ0n) is 11.6. The van der Waals surface area contributed by atoms with Gasteiger partial charge in [-0.25, -0.2) is 4.98 Å². The molecular formula is C16H15N3OS. The topological polar surface area (TPSA) is 46.9 Å². The quantitative estimate of drug-likeness (QED) is 0.802. The van der Waals surface area contributed by atoms with E-state index >= 15 is 0 Å². The normalized spacial score (nSPS) is 12.0. The van der Waals surface area contributed by atoms with Gasteiger partial charge in [0.2, 0.25) is 0 Å². The van der Waals surface area contributed by atoms with Crippen molar-refractivity contribution in [2.75, 3.05) is 0 Å². The van der Waals surface area contributed by atoms with Gasteiger partial charge in [-0.2, -0.15) is 11.3 Å². The number of carbonyl (C=O) groups excluding carboxylic acids is 1. The highest BCUT2D eigenvalue weighted by Crippen LogP contribution is 2.16. The van der Waals surface area contributed by atoms with E-state index in [9.17, 15) is 4.79 Å². The first-order chi connectivity index (χ1) is 10.2. The molecule has 0 bridgehead atoms. The fourth-order valence-corrected chi connectivity index (χ4v) is 2.74. The fourth-order valence-electron chi connectivity index (χ4n) is 2.10. The van der Waals surface area contributed by atoms with Crippen LogP contribution >= 0.6 is 11.3 Å². The second kappa shape index (κ2) is 5.93. The van der Waals surface area contributed by atoms with Crippen LogP contribution in [-0.2, 0) is 0 Å². The van der Waals surface area contributed by atoms with Crippen molar-refractivity contribution in [1.29, 1.82) is 0 Å². The number of thiophene rings is 1. The van der Waals surface area contributed by atoms with Crippen LogP contribution in [0.25, 0.3) is 5.69 Å². The van der Waals surface area contributed by atoms with Gasteiger partial charge in [-0.15, -0.1) is 0 Å². The molecular weight excluding hydrogens is 282 g/mol. The highest BCUT2D eigenvalue weighted by Gasteiger charge is 2.11. The molecule has 3 rings (SSSR count). The van der Waals surface area contributed by atoms with Crippen LogP contribution in [0.2, 0.25) is 0 Å². The molecule has 0 saturated heterocycles. The minimum absolute atomic E-state index is 0.0331. The number of carbonyl (C=O) groups is 1. The Morgan fingerprint density at radius 3 is 2.71 bits per heavy atom. The summed E-state index contributed by atoms with van der Waals surface area (Å²) in [5.74, 6) is -0.0394. The molecule has 5 heteroatoms. The van der Waals surface area contributed by atoms with Crippen LogP contribution in [0.1, 0.15) is 28.9 Å². The van der Waals surface area contributed by atoms with E-state index in [-0.39, 0.29) is 11.9 Å². The average molecular weight is 297 g/mol. The molecule has 0 fully saturated rings. The number of aromatic nitrogens is 2. The van der Waals surface area contributed by atoms with Crippen LogP contribution < -0.4 is 5.32 Å². The van der Waals surface area contributed by atoms with E-state index in [0.29, 0.717) is 5.56 Å². The van der Waals surface area contributed by atoms with Crippen molar-refractivity contribution in [1.82, 2.24) is 14.9 Å². The molecule has 21 heavy (non-hydrogen) atoms. The average Bonchev–Trinajstić information content (AvgIpc) is 3.20. The summed E-state index contributed by atoms with van der Waals surface area (Å²) >= 11 is 1.52. The van der Waals surface area contributed by atoms with Crippen molar-refractivity contribution in [3.63, 3.8) is 0 Å². The van der Waals surface area contributed by atoms with Crippen molar-refractivity contribution in [3.8, 4) is 5.69 Å². The largest absolute Gasteiger partial charge is 0.345 e. The van der Waals surface area contributed by atoms with E-state index in [1.807, 2.05) is 58.8 Å². The summed E-state index contributed by atoms with van der Waals surface area (Å²) in [5.41, 5.74) is 2.83. The Morgan fingerprint density at radius 2 is 2.10 bits per heavy atom. The number of benzene rings is 1. The Labute approximate surface area is 127 Å². The second-order valence-corrected chi connectivity index (χ2v) is 5.55.